The van der Waals surface area contributed by atoms with Gasteiger partial charge in [0, 0.05) is 50.2 Å². The van der Waals surface area contributed by atoms with Crippen LogP contribution < -0.4 is 15.1 Å². The van der Waals surface area contributed by atoms with Gasteiger partial charge in [-0.25, -0.2) is 4.79 Å². The molecule has 1 aliphatic carbocycles. The monoisotopic (exact) mass is 615 g/mol. The van der Waals surface area contributed by atoms with Crippen molar-refractivity contribution >= 4 is 51.7 Å². The molecule has 0 bridgehead atoms. The number of rotatable bonds is 7. The second kappa shape index (κ2) is 11.7. The molecule has 1 fully saturated rings. The van der Waals surface area contributed by atoms with E-state index in [2.05, 4.69) is 52.5 Å². The van der Waals surface area contributed by atoms with Crippen molar-refractivity contribution in [1.82, 2.24) is 9.80 Å². The Morgan fingerprint density at radius 3 is 2.43 bits per heavy atom. The summed E-state index contributed by atoms with van der Waals surface area (Å²) in [5, 5.41) is 5.84. The maximum Gasteiger partial charge on any atom is 0.337 e. The summed E-state index contributed by atoms with van der Waals surface area (Å²) in [6.07, 6.45) is 4.29. The minimum absolute atomic E-state index is 0.0425. The van der Waals surface area contributed by atoms with Crippen molar-refractivity contribution < 1.29 is 19.1 Å². The van der Waals surface area contributed by atoms with Crippen LogP contribution in [0.4, 0.5) is 17.1 Å². The second-order valence-electron chi connectivity index (χ2n) is 12.3. The van der Waals surface area contributed by atoms with Crippen LogP contribution in [0.1, 0.15) is 27.0 Å². The van der Waals surface area contributed by atoms with Gasteiger partial charge >= 0.3 is 5.97 Å². The SMILES string of the molecule is COC(=O)c1ccc2c(c1)N(C1(Nc3ccc(N(C)C(=O)CN4CCN(C)CC4)cc3)C=Cc3cccc4cccc1c34)C(=O)C2. The van der Waals surface area contributed by atoms with Crippen LogP contribution in [-0.2, 0) is 26.4 Å². The summed E-state index contributed by atoms with van der Waals surface area (Å²) in [7, 11) is 5.26. The first-order chi connectivity index (χ1) is 22.3. The Bertz CT molecular complexity index is 1870. The first-order valence-corrected chi connectivity index (χ1v) is 15.6. The van der Waals surface area contributed by atoms with Crippen molar-refractivity contribution in [2.45, 2.75) is 12.1 Å². The Balaban J connectivity index is 1.26. The smallest absolute Gasteiger partial charge is 0.337 e. The summed E-state index contributed by atoms with van der Waals surface area (Å²) in [6.45, 7) is 4.05. The molecule has 0 aromatic heterocycles. The fourth-order valence-electron chi connectivity index (χ4n) is 6.85. The average Bonchev–Trinajstić information content (AvgIpc) is 3.42. The number of piperazine rings is 1. The third kappa shape index (κ3) is 5.11. The number of carbonyl (C=O) groups is 3. The summed E-state index contributed by atoms with van der Waals surface area (Å²) < 4.78 is 5.01. The minimum atomic E-state index is -1.10. The number of amides is 2. The molecule has 2 amide bonds. The minimum Gasteiger partial charge on any atom is -0.465 e. The van der Waals surface area contributed by atoms with E-state index < -0.39 is 11.6 Å². The molecule has 1 saturated heterocycles. The van der Waals surface area contributed by atoms with Crippen LogP contribution in [0.2, 0.25) is 0 Å². The number of fused-ring (bicyclic) bond motifs is 1. The Labute approximate surface area is 268 Å². The third-order valence-corrected chi connectivity index (χ3v) is 9.46. The zero-order valence-corrected chi connectivity index (χ0v) is 26.3. The molecule has 7 rings (SSSR count). The number of methoxy groups -OCH3 is 1. The molecule has 1 N–H and O–H groups in total. The number of esters is 1. The van der Waals surface area contributed by atoms with Gasteiger partial charge in [-0.2, -0.15) is 0 Å². The van der Waals surface area contributed by atoms with Gasteiger partial charge in [0.1, 0.15) is 0 Å². The fraction of sp³-hybridized carbons (Fsp3) is 0.270. The number of benzene rings is 4. The number of ether oxygens (including phenoxy) is 1. The predicted octanol–water partition coefficient (Wildman–Crippen LogP) is 4.72. The molecule has 4 aromatic carbocycles. The van der Waals surface area contributed by atoms with E-state index in [1.165, 1.54) is 7.11 Å². The lowest BCUT2D eigenvalue weighted by Crippen LogP contribution is -2.53. The van der Waals surface area contributed by atoms with E-state index in [1.807, 2.05) is 55.6 Å². The van der Waals surface area contributed by atoms with E-state index in [0.29, 0.717) is 17.8 Å². The van der Waals surface area contributed by atoms with Crippen LogP contribution in [0.25, 0.3) is 16.8 Å². The highest BCUT2D eigenvalue weighted by atomic mass is 16.5. The molecule has 0 spiro atoms. The molecule has 234 valence electrons. The van der Waals surface area contributed by atoms with Crippen molar-refractivity contribution in [3.63, 3.8) is 0 Å². The van der Waals surface area contributed by atoms with Crippen molar-refractivity contribution in [1.29, 1.82) is 0 Å². The lowest BCUT2D eigenvalue weighted by atomic mass is 9.84. The van der Waals surface area contributed by atoms with Gasteiger partial charge in [-0.15, -0.1) is 0 Å². The molecule has 2 aliphatic heterocycles. The summed E-state index contributed by atoms with van der Waals surface area (Å²) >= 11 is 0. The number of anilines is 3. The quantitative estimate of drug-likeness (QED) is 0.301. The fourth-order valence-corrected chi connectivity index (χ4v) is 6.85. The van der Waals surface area contributed by atoms with Gasteiger partial charge in [-0.3, -0.25) is 19.4 Å². The van der Waals surface area contributed by atoms with Gasteiger partial charge in [0.25, 0.3) is 0 Å². The van der Waals surface area contributed by atoms with Crippen LogP contribution >= 0.6 is 0 Å². The Morgan fingerprint density at radius 1 is 0.957 bits per heavy atom. The molecule has 0 radical (unpaired) electrons. The first kappa shape index (κ1) is 29.7. The molecule has 9 heteroatoms. The topological polar surface area (TPSA) is 85.4 Å². The van der Waals surface area contributed by atoms with Crippen LogP contribution in [0.5, 0.6) is 0 Å². The normalized spacial score (nSPS) is 19.3. The zero-order chi connectivity index (χ0) is 32.0. The average molecular weight is 616 g/mol. The number of likely N-dealkylation sites (N-methyl/N-ethyl adjacent to an activating group) is 2. The highest BCUT2D eigenvalue weighted by Gasteiger charge is 2.47. The van der Waals surface area contributed by atoms with Crippen molar-refractivity contribution in [2.75, 3.05) is 69.0 Å². The molecule has 46 heavy (non-hydrogen) atoms. The number of hydrogen-bond acceptors (Lipinski definition) is 7. The standard InChI is InChI=1S/C37H37N5O4/c1-39-18-20-41(21-19-39)24-34(44)40(2)30-14-12-29(13-15-30)38-37(17-16-26-7-4-6-25-8-5-9-31(37)35(25)26)42-32-22-28(36(45)46-3)11-10-27(32)23-33(42)43/h4-17,22,38H,18-21,23-24H2,1-3H3. The third-order valence-electron chi connectivity index (χ3n) is 9.46. The van der Waals surface area contributed by atoms with E-state index in [-0.39, 0.29) is 18.2 Å². The highest BCUT2D eigenvalue weighted by molar-refractivity contribution is 6.08. The molecule has 1 atom stereocenters. The molecule has 3 aliphatic rings. The summed E-state index contributed by atoms with van der Waals surface area (Å²) in [5.74, 6) is -0.505. The van der Waals surface area contributed by atoms with Gasteiger partial charge in [0.05, 0.1) is 31.3 Å². The van der Waals surface area contributed by atoms with Gasteiger partial charge in [-0.1, -0.05) is 48.5 Å². The maximum absolute atomic E-state index is 14.0. The van der Waals surface area contributed by atoms with Gasteiger partial charge < -0.3 is 19.9 Å². The Kier molecular flexibility index (Phi) is 7.58. The molecular weight excluding hydrogens is 578 g/mol. The number of carbonyl (C=O) groups excluding carboxylic acids is 3. The molecule has 9 nitrogen and oxygen atoms in total. The lowest BCUT2D eigenvalue weighted by Gasteiger charge is -2.44. The molecular formula is C37H37N5O4. The van der Waals surface area contributed by atoms with Crippen LogP contribution in [0.15, 0.2) is 84.9 Å². The summed E-state index contributed by atoms with van der Waals surface area (Å²) in [6, 6.07) is 25.3. The van der Waals surface area contributed by atoms with Gasteiger partial charge in [-0.05, 0) is 71.4 Å². The van der Waals surface area contributed by atoms with E-state index in [0.717, 1.165) is 65.0 Å². The van der Waals surface area contributed by atoms with Crippen molar-refractivity contribution in [3.05, 3.63) is 107 Å². The largest absolute Gasteiger partial charge is 0.465 e. The van der Waals surface area contributed by atoms with Crippen molar-refractivity contribution in [3.8, 4) is 0 Å². The summed E-state index contributed by atoms with van der Waals surface area (Å²) in [4.78, 5) is 47.6. The number of hydrogen-bond donors (Lipinski definition) is 1. The predicted molar refractivity (Wildman–Crippen MR) is 181 cm³/mol. The Morgan fingerprint density at radius 2 is 1.70 bits per heavy atom. The van der Waals surface area contributed by atoms with Crippen LogP contribution in [0.3, 0.4) is 0 Å². The summed E-state index contributed by atoms with van der Waals surface area (Å²) in [5.41, 5.74) is 4.33. The van der Waals surface area contributed by atoms with E-state index in [9.17, 15) is 14.4 Å². The van der Waals surface area contributed by atoms with Crippen LogP contribution in [0, 0.1) is 0 Å². The van der Waals surface area contributed by atoms with Gasteiger partial charge in [0.2, 0.25) is 11.8 Å². The first-order valence-electron chi connectivity index (χ1n) is 15.6. The van der Waals surface area contributed by atoms with E-state index in [4.69, 9.17) is 4.74 Å². The molecule has 0 saturated carbocycles. The Hall–Kier alpha value is -4.99. The zero-order valence-electron chi connectivity index (χ0n) is 26.3. The van der Waals surface area contributed by atoms with Crippen molar-refractivity contribution in [2.24, 2.45) is 0 Å². The second-order valence-corrected chi connectivity index (χ2v) is 12.3. The van der Waals surface area contributed by atoms with E-state index in [1.54, 1.807) is 21.9 Å². The lowest BCUT2D eigenvalue weighted by molar-refractivity contribution is -0.120. The number of nitrogens with zero attached hydrogens (tertiary/aromatic N) is 4. The molecule has 4 aromatic rings. The number of nitrogens with one attached hydrogen (secondary N) is 1. The van der Waals surface area contributed by atoms with E-state index >= 15 is 0 Å². The van der Waals surface area contributed by atoms with Gasteiger partial charge in [0.15, 0.2) is 5.66 Å². The molecule has 2 heterocycles. The highest BCUT2D eigenvalue weighted by Crippen LogP contribution is 2.47. The maximum atomic E-state index is 14.0. The molecule has 1 unspecified atom stereocenters. The van der Waals surface area contributed by atoms with Crippen LogP contribution in [-0.4, -0.2) is 81.5 Å².